The number of hydrogen-bond donors (Lipinski definition) is 0. The minimum atomic E-state index is 0. The zero-order chi connectivity index (χ0) is 19.2. The molecule has 0 aromatic heterocycles. The van der Waals surface area contributed by atoms with Crippen LogP contribution in [0.3, 0.4) is 0 Å². The monoisotopic (exact) mass is 408 g/mol. The second-order valence-corrected chi connectivity index (χ2v) is 7.75. The lowest BCUT2D eigenvalue weighted by Crippen LogP contribution is -2.42. The molecule has 0 saturated carbocycles. The van der Waals surface area contributed by atoms with Gasteiger partial charge in [-0.05, 0) is 47.2 Å². The summed E-state index contributed by atoms with van der Waals surface area (Å²) in [7, 11) is 0. The third-order valence-electron chi connectivity index (χ3n) is 5.54. The van der Waals surface area contributed by atoms with E-state index in [1.807, 2.05) is 11.0 Å². The first kappa shape index (κ1) is 21.4. The van der Waals surface area contributed by atoms with Crippen LogP contribution >= 0.6 is 12.4 Å². The van der Waals surface area contributed by atoms with E-state index >= 15 is 0 Å². The van der Waals surface area contributed by atoms with E-state index in [-0.39, 0.29) is 18.3 Å². The van der Waals surface area contributed by atoms with Gasteiger partial charge >= 0.3 is 0 Å². The zero-order valence-electron chi connectivity index (χ0n) is 16.8. The van der Waals surface area contributed by atoms with Gasteiger partial charge in [0.1, 0.15) is 0 Å². The Balaban J connectivity index is 0.00000240. The molecule has 1 fully saturated rings. The number of hydrogen-bond acceptors (Lipinski definition) is 2. The number of fused-ring (bicyclic) bond motifs is 1. The molecule has 0 atom stereocenters. The molecule has 0 unspecified atom stereocenters. The van der Waals surface area contributed by atoms with E-state index in [9.17, 15) is 4.79 Å². The maximum Gasteiger partial charge on any atom is 0.236 e. The highest BCUT2D eigenvalue weighted by Crippen LogP contribution is 2.18. The van der Waals surface area contributed by atoms with E-state index in [0.29, 0.717) is 6.54 Å². The summed E-state index contributed by atoms with van der Waals surface area (Å²) >= 11 is 0. The molecule has 1 heterocycles. The lowest BCUT2D eigenvalue weighted by molar-refractivity contribution is -0.133. The van der Waals surface area contributed by atoms with Crippen molar-refractivity contribution in [2.45, 2.75) is 32.4 Å². The van der Waals surface area contributed by atoms with Crippen molar-refractivity contribution in [3.05, 3.63) is 83.9 Å². The molecule has 0 radical (unpaired) electrons. The molecule has 0 bridgehead atoms. The highest BCUT2D eigenvalue weighted by Gasteiger charge is 2.20. The Labute approximate surface area is 179 Å². The predicted molar refractivity (Wildman–Crippen MR) is 122 cm³/mol. The molecule has 1 amide bonds. The minimum Gasteiger partial charge on any atom is -0.342 e. The number of carbonyl (C=O) groups is 1. The van der Waals surface area contributed by atoms with Crippen molar-refractivity contribution in [3.63, 3.8) is 0 Å². The Morgan fingerprint density at radius 3 is 2.17 bits per heavy atom. The minimum absolute atomic E-state index is 0. The lowest BCUT2D eigenvalue weighted by Gasteiger charge is -2.30. The second kappa shape index (κ2) is 10.4. The molecule has 0 spiro atoms. The second-order valence-electron chi connectivity index (χ2n) is 7.75. The summed E-state index contributed by atoms with van der Waals surface area (Å²) in [5.41, 5.74) is 2.50. The standard InChI is InChI=1S/C25H28N2O.ClH/c28-25(27-15-7-2-8-16-27)20-26(18-21-9-3-1-4-10-21)19-22-13-14-23-11-5-6-12-24(23)17-22;/h1,3-6,9-14,17H,2,7-8,15-16,18-20H2;1H. The Morgan fingerprint density at radius 1 is 0.759 bits per heavy atom. The molecule has 3 aromatic rings. The maximum absolute atomic E-state index is 12.9. The van der Waals surface area contributed by atoms with Crippen LogP contribution in [0.25, 0.3) is 10.8 Å². The van der Waals surface area contributed by atoms with Gasteiger partial charge in [-0.3, -0.25) is 9.69 Å². The van der Waals surface area contributed by atoms with Gasteiger partial charge in [-0.15, -0.1) is 12.4 Å². The molecule has 1 aliphatic heterocycles. The van der Waals surface area contributed by atoms with Gasteiger partial charge in [-0.2, -0.15) is 0 Å². The number of rotatable bonds is 6. The molecule has 1 aliphatic rings. The van der Waals surface area contributed by atoms with Gasteiger partial charge in [0.15, 0.2) is 0 Å². The van der Waals surface area contributed by atoms with Crippen LogP contribution in [-0.2, 0) is 17.9 Å². The third-order valence-corrected chi connectivity index (χ3v) is 5.54. The van der Waals surface area contributed by atoms with Crippen LogP contribution in [0.2, 0.25) is 0 Å². The van der Waals surface area contributed by atoms with E-state index in [2.05, 4.69) is 71.6 Å². The van der Waals surface area contributed by atoms with Gasteiger partial charge in [-0.1, -0.05) is 66.7 Å². The highest BCUT2D eigenvalue weighted by molar-refractivity contribution is 5.85. The molecule has 3 aromatic carbocycles. The first-order chi connectivity index (χ1) is 13.8. The van der Waals surface area contributed by atoms with Crippen LogP contribution in [0.15, 0.2) is 72.8 Å². The Hall–Kier alpha value is -2.36. The largest absolute Gasteiger partial charge is 0.342 e. The number of likely N-dealkylation sites (tertiary alicyclic amines) is 1. The van der Waals surface area contributed by atoms with E-state index in [1.165, 1.54) is 28.3 Å². The van der Waals surface area contributed by atoms with Crippen molar-refractivity contribution in [2.75, 3.05) is 19.6 Å². The van der Waals surface area contributed by atoms with Gasteiger partial charge in [-0.25, -0.2) is 0 Å². The summed E-state index contributed by atoms with van der Waals surface area (Å²) < 4.78 is 0. The molecular formula is C25H29ClN2O. The van der Waals surface area contributed by atoms with E-state index in [4.69, 9.17) is 0 Å². The van der Waals surface area contributed by atoms with Crippen molar-refractivity contribution >= 4 is 29.1 Å². The summed E-state index contributed by atoms with van der Waals surface area (Å²) in [6.07, 6.45) is 3.51. The summed E-state index contributed by atoms with van der Waals surface area (Å²) in [5, 5.41) is 2.51. The fourth-order valence-corrected chi connectivity index (χ4v) is 4.04. The van der Waals surface area contributed by atoms with E-state index < -0.39 is 0 Å². The van der Waals surface area contributed by atoms with Gasteiger partial charge in [0.25, 0.3) is 0 Å². The van der Waals surface area contributed by atoms with Crippen LogP contribution in [0.5, 0.6) is 0 Å². The number of benzene rings is 3. The fourth-order valence-electron chi connectivity index (χ4n) is 4.04. The van der Waals surface area contributed by atoms with Crippen LogP contribution in [0.1, 0.15) is 30.4 Å². The SMILES string of the molecule is Cl.O=C(CN(Cc1ccccc1)Cc1ccc2ccccc2c1)N1CCCCC1. The molecule has 0 aliphatic carbocycles. The lowest BCUT2D eigenvalue weighted by atomic mass is 10.1. The summed E-state index contributed by atoms with van der Waals surface area (Å²) in [5.74, 6) is 0.261. The number of amides is 1. The number of carbonyl (C=O) groups excluding carboxylic acids is 1. The molecule has 4 heteroatoms. The number of piperidine rings is 1. The summed E-state index contributed by atoms with van der Waals surface area (Å²) in [6, 6.07) is 25.5. The number of nitrogens with zero attached hydrogens (tertiary/aromatic N) is 2. The number of halogens is 1. The molecular weight excluding hydrogens is 380 g/mol. The normalized spacial score (nSPS) is 14.0. The van der Waals surface area contributed by atoms with Crippen LogP contribution < -0.4 is 0 Å². The van der Waals surface area contributed by atoms with Crippen LogP contribution in [0.4, 0.5) is 0 Å². The average molecular weight is 409 g/mol. The topological polar surface area (TPSA) is 23.6 Å². The van der Waals surface area contributed by atoms with E-state index in [0.717, 1.165) is 39.0 Å². The Bertz CT molecular complexity index is 922. The van der Waals surface area contributed by atoms with Gasteiger partial charge in [0.2, 0.25) is 5.91 Å². The summed E-state index contributed by atoms with van der Waals surface area (Å²) in [6.45, 7) is 3.86. The van der Waals surface area contributed by atoms with Crippen molar-refractivity contribution < 1.29 is 4.79 Å². The van der Waals surface area contributed by atoms with Crippen molar-refractivity contribution in [3.8, 4) is 0 Å². The molecule has 3 nitrogen and oxygen atoms in total. The van der Waals surface area contributed by atoms with Crippen molar-refractivity contribution in [2.24, 2.45) is 0 Å². The van der Waals surface area contributed by atoms with Crippen LogP contribution in [0, 0.1) is 0 Å². The predicted octanol–water partition coefficient (Wildman–Crippen LogP) is 5.28. The average Bonchev–Trinajstić information content (AvgIpc) is 2.75. The van der Waals surface area contributed by atoms with Crippen molar-refractivity contribution in [1.29, 1.82) is 0 Å². The molecule has 1 saturated heterocycles. The van der Waals surface area contributed by atoms with Crippen LogP contribution in [-0.4, -0.2) is 35.3 Å². The highest BCUT2D eigenvalue weighted by atomic mass is 35.5. The smallest absolute Gasteiger partial charge is 0.236 e. The molecule has 0 N–H and O–H groups in total. The first-order valence-electron chi connectivity index (χ1n) is 10.3. The van der Waals surface area contributed by atoms with Crippen molar-refractivity contribution in [1.82, 2.24) is 9.80 Å². The fraction of sp³-hybridized carbons (Fsp3) is 0.320. The Morgan fingerprint density at radius 2 is 1.41 bits per heavy atom. The molecule has 29 heavy (non-hydrogen) atoms. The quantitative estimate of drug-likeness (QED) is 0.554. The molecule has 4 rings (SSSR count). The first-order valence-corrected chi connectivity index (χ1v) is 10.3. The van der Waals surface area contributed by atoms with E-state index in [1.54, 1.807) is 0 Å². The summed E-state index contributed by atoms with van der Waals surface area (Å²) in [4.78, 5) is 17.2. The van der Waals surface area contributed by atoms with Gasteiger partial charge in [0.05, 0.1) is 6.54 Å². The maximum atomic E-state index is 12.9. The van der Waals surface area contributed by atoms with Gasteiger partial charge < -0.3 is 4.90 Å². The zero-order valence-corrected chi connectivity index (χ0v) is 17.6. The third kappa shape index (κ3) is 5.81. The Kier molecular flexibility index (Phi) is 7.68. The van der Waals surface area contributed by atoms with Gasteiger partial charge in [0, 0.05) is 26.2 Å². The molecule has 152 valence electrons.